The molecule has 0 aromatic heterocycles. The van der Waals surface area contributed by atoms with Gasteiger partial charge in [-0.3, -0.25) is 0 Å². The van der Waals surface area contributed by atoms with Crippen molar-refractivity contribution in [3.63, 3.8) is 0 Å². The van der Waals surface area contributed by atoms with E-state index in [1.807, 2.05) is 54.6 Å². The zero-order chi connectivity index (χ0) is 17.8. The summed E-state index contributed by atoms with van der Waals surface area (Å²) in [6, 6.07) is 21.9. The molecule has 3 aromatic carbocycles. The highest BCUT2D eigenvalue weighted by molar-refractivity contribution is 5.90. The van der Waals surface area contributed by atoms with Gasteiger partial charge in [0.05, 0.1) is 5.56 Å². The lowest BCUT2D eigenvalue weighted by Gasteiger charge is -2.11. The van der Waals surface area contributed by atoms with Crippen LogP contribution >= 0.6 is 0 Å². The molecule has 0 unspecified atom stereocenters. The molecule has 0 saturated carbocycles. The van der Waals surface area contributed by atoms with Gasteiger partial charge >= 0.3 is 5.97 Å². The second kappa shape index (κ2) is 7.19. The van der Waals surface area contributed by atoms with Crippen LogP contribution in [-0.4, -0.2) is 12.8 Å². The molecular weight excluding hydrogens is 332 g/mol. The van der Waals surface area contributed by atoms with Gasteiger partial charge in [-0.15, -0.1) is 0 Å². The molecular formula is C21H16O5. The van der Waals surface area contributed by atoms with E-state index in [9.17, 15) is 4.79 Å². The molecule has 0 atom stereocenters. The molecule has 3 aromatic rings. The molecule has 0 amide bonds. The first-order valence-electron chi connectivity index (χ1n) is 8.17. The maximum absolute atomic E-state index is 12.3. The quantitative estimate of drug-likeness (QED) is 0.633. The molecule has 0 aliphatic carbocycles. The Balaban J connectivity index is 1.45. The first kappa shape index (κ1) is 16.0. The van der Waals surface area contributed by atoms with Crippen molar-refractivity contribution in [1.82, 2.24) is 0 Å². The summed E-state index contributed by atoms with van der Waals surface area (Å²) in [6.45, 7) is 0.272. The lowest BCUT2D eigenvalue weighted by molar-refractivity contribution is 0.0470. The number of esters is 1. The van der Waals surface area contributed by atoms with Gasteiger partial charge in [0, 0.05) is 5.56 Å². The van der Waals surface area contributed by atoms with E-state index >= 15 is 0 Å². The van der Waals surface area contributed by atoms with E-state index in [0.717, 1.165) is 11.3 Å². The second-order valence-corrected chi connectivity index (χ2v) is 5.67. The summed E-state index contributed by atoms with van der Waals surface area (Å²) in [6.07, 6.45) is 0. The van der Waals surface area contributed by atoms with Crippen LogP contribution in [0.2, 0.25) is 0 Å². The molecule has 1 aliphatic heterocycles. The summed E-state index contributed by atoms with van der Waals surface area (Å²) in [7, 11) is 0. The van der Waals surface area contributed by atoms with Crippen molar-refractivity contribution < 1.29 is 23.7 Å². The van der Waals surface area contributed by atoms with Gasteiger partial charge in [-0.05, 0) is 36.4 Å². The average molecular weight is 348 g/mol. The Labute approximate surface area is 150 Å². The number of ether oxygens (including phenoxy) is 4. The summed E-state index contributed by atoms with van der Waals surface area (Å²) in [4.78, 5) is 12.3. The predicted octanol–water partition coefficient (Wildman–Crippen LogP) is 4.56. The predicted molar refractivity (Wildman–Crippen MR) is 94.6 cm³/mol. The van der Waals surface area contributed by atoms with Gasteiger partial charge in [0.25, 0.3) is 0 Å². The standard InChI is InChI=1S/C21H16O5/c22-21(15-10-11-19-20(12-15)25-14-24-19)23-13-16-6-4-5-9-18(16)26-17-7-2-1-3-8-17/h1-12H,13-14H2. The fourth-order valence-corrected chi connectivity index (χ4v) is 2.59. The minimum atomic E-state index is -0.433. The van der Waals surface area contributed by atoms with Gasteiger partial charge in [0.2, 0.25) is 6.79 Å². The molecule has 0 saturated heterocycles. The molecule has 0 N–H and O–H groups in total. The van der Waals surface area contributed by atoms with Crippen molar-refractivity contribution in [2.75, 3.05) is 6.79 Å². The minimum Gasteiger partial charge on any atom is -0.457 e. The van der Waals surface area contributed by atoms with E-state index < -0.39 is 5.97 Å². The summed E-state index contributed by atoms with van der Waals surface area (Å²) in [5, 5.41) is 0. The number of benzene rings is 3. The fraction of sp³-hybridized carbons (Fsp3) is 0.0952. The average Bonchev–Trinajstić information content (AvgIpc) is 3.16. The first-order chi connectivity index (χ1) is 12.8. The Morgan fingerprint density at radius 1 is 0.885 bits per heavy atom. The molecule has 0 radical (unpaired) electrons. The van der Waals surface area contributed by atoms with Crippen LogP contribution in [0, 0.1) is 0 Å². The smallest absolute Gasteiger partial charge is 0.338 e. The number of hydrogen-bond acceptors (Lipinski definition) is 5. The van der Waals surface area contributed by atoms with Crippen LogP contribution in [0.4, 0.5) is 0 Å². The summed E-state index contributed by atoms with van der Waals surface area (Å²) < 4.78 is 21.8. The summed E-state index contributed by atoms with van der Waals surface area (Å²) >= 11 is 0. The molecule has 0 fully saturated rings. The molecule has 1 aliphatic rings. The maximum Gasteiger partial charge on any atom is 0.338 e. The summed E-state index contributed by atoms with van der Waals surface area (Å²) in [5.74, 6) is 2.12. The van der Waals surface area contributed by atoms with Crippen LogP contribution in [0.3, 0.4) is 0 Å². The molecule has 0 bridgehead atoms. The zero-order valence-electron chi connectivity index (χ0n) is 13.9. The van der Waals surface area contributed by atoms with Crippen molar-refractivity contribution >= 4 is 5.97 Å². The fourth-order valence-electron chi connectivity index (χ4n) is 2.59. The number of fused-ring (bicyclic) bond motifs is 1. The van der Waals surface area contributed by atoms with E-state index in [-0.39, 0.29) is 13.4 Å². The molecule has 5 heteroatoms. The van der Waals surface area contributed by atoms with Gasteiger partial charge < -0.3 is 18.9 Å². The number of carbonyl (C=O) groups excluding carboxylic acids is 1. The molecule has 0 spiro atoms. The van der Waals surface area contributed by atoms with E-state index in [2.05, 4.69) is 0 Å². The van der Waals surface area contributed by atoms with Crippen LogP contribution in [-0.2, 0) is 11.3 Å². The number of carbonyl (C=O) groups is 1. The van der Waals surface area contributed by atoms with Gasteiger partial charge in [-0.25, -0.2) is 4.79 Å². The molecule has 5 nitrogen and oxygen atoms in total. The number of para-hydroxylation sites is 2. The monoisotopic (exact) mass is 348 g/mol. The highest BCUT2D eigenvalue weighted by Crippen LogP contribution is 2.33. The van der Waals surface area contributed by atoms with Gasteiger partial charge in [0.15, 0.2) is 11.5 Å². The third-order valence-electron chi connectivity index (χ3n) is 3.91. The van der Waals surface area contributed by atoms with Crippen LogP contribution in [0.5, 0.6) is 23.0 Å². The SMILES string of the molecule is O=C(OCc1ccccc1Oc1ccccc1)c1ccc2c(c1)OCO2. The third-order valence-corrected chi connectivity index (χ3v) is 3.91. The molecule has 4 rings (SSSR count). The Hall–Kier alpha value is -3.47. The van der Waals surface area contributed by atoms with Crippen LogP contribution in [0.25, 0.3) is 0 Å². The molecule has 1 heterocycles. The Bertz CT molecular complexity index is 921. The van der Waals surface area contributed by atoms with Crippen molar-refractivity contribution in [3.8, 4) is 23.0 Å². The van der Waals surface area contributed by atoms with Crippen molar-refractivity contribution in [3.05, 3.63) is 83.9 Å². The second-order valence-electron chi connectivity index (χ2n) is 5.67. The van der Waals surface area contributed by atoms with Crippen molar-refractivity contribution in [2.24, 2.45) is 0 Å². The van der Waals surface area contributed by atoms with Crippen LogP contribution in [0.1, 0.15) is 15.9 Å². The zero-order valence-corrected chi connectivity index (χ0v) is 13.9. The summed E-state index contributed by atoms with van der Waals surface area (Å²) in [5.41, 5.74) is 1.20. The maximum atomic E-state index is 12.3. The van der Waals surface area contributed by atoms with E-state index in [1.165, 1.54) is 0 Å². The Kier molecular flexibility index (Phi) is 4.43. The largest absolute Gasteiger partial charge is 0.457 e. The van der Waals surface area contributed by atoms with Crippen LogP contribution < -0.4 is 14.2 Å². The van der Waals surface area contributed by atoms with E-state index in [0.29, 0.717) is 22.8 Å². The molecule has 130 valence electrons. The first-order valence-corrected chi connectivity index (χ1v) is 8.17. The highest BCUT2D eigenvalue weighted by atomic mass is 16.7. The number of rotatable bonds is 5. The van der Waals surface area contributed by atoms with Gasteiger partial charge in [-0.1, -0.05) is 36.4 Å². The van der Waals surface area contributed by atoms with E-state index in [4.69, 9.17) is 18.9 Å². The van der Waals surface area contributed by atoms with E-state index in [1.54, 1.807) is 18.2 Å². The minimum absolute atomic E-state index is 0.107. The normalized spacial score (nSPS) is 11.8. The van der Waals surface area contributed by atoms with Gasteiger partial charge in [-0.2, -0.15) is 0 Å². The third kappa shape index (κ3) is 3.47. The highest BCUT2D eigenvalue weighted by Gasteiger charge is 2.17. The van der Waals surface area contributed by atoms with Gasteiger partial charge in [0.1, 0.15) is 18.1 Å². The Morgan fingerprint density at radius 2 is 1.65 bits per heavy atom. The number of hydrogen-bond donors (Lipinski definition) is 0. The lowest BCUT2D eigenvalue weighted by Crippen LogP contribution is -2.06. The molecule has 26 heavy (non-hydrogen) atoms. The lowest BCUT2D eigenvalue weighted by atomic mass is 10.2. The van der Waals surface area contributed by atoms with Crippen molar-refractivity contribution in [1.29, 1.82) is 0 Å². The van der Waals surface area contributed by atoms with Crippen LogP contribution in [0.15, 0.2) is 72.8 Å². The Morgan fingerprint density at radius 3 is 2.54 bits per heavy atom. The van der Waals surface area contributed by atoms with Crippen molar-refractivity contribution in [2.45, 2.75) is 6.61 Å². The topological polar surface area (TPSA) is 54.0 Å².